The van der Waals surface area contributed by atoms with E-state index in [1.54, 1.807) is 0 Å². The van der Waals surface area contributed by atoms with Crippen molar-refractivity contribution in [3.63, 3.8) is 0 Å². The average molecular weight is 577 g/mol. The fourth-order valence-corrected chi connectivity index (χ4v) is 34.9. The highest BCUT2D eigenvalue weighted by atomic mass is 32.4. The number of rotatable bonds is 4. The van der Waals surface area contributed by atoms with Crippen LogP contribution >= 0.6 is 141 Å². The van der Waals surface area contributed by atoms with Crippen molar-refractivity contribution in [2.45, 2.75) is 46.8 Å². The summed E-state index contributed by atoms with van der Waals surface area (Å²) in [6, 6.07) is 0. The first kappa shape index (κ1) is 24.8. The van der Waals surface area contributed by atoms with Crippen molar-refractivity contribution in [2.24, 2.45) is 0 Å². The molecule has 0 amide bonds. The van der Waals surface area contributed by atoms with Crippen molar-refractivity contribution in [3.8, 4) is 0 Å². The highest BCUT2D eigenvalue weighted by molar-refractivity contribution is 8.76. The Morgan fingerprint density at radius 2 is 0.654 bits per heavy atom. The summed E-state index contributed by atoms with van der Waals surface area (Å²) in [6.45, 7) is 9.22. The lowest BCUT2D eigenvalue weighted by molar-refractivity contribution is 0.970. The van der Waals surface area contributed by atoms with Crippen molar-refractivity contribution in [2.75, 3.05) is 25.0 Å². The molecule has 0 aliphatic carbocycles. The SMILES string of the molecule is CC1(C)SC2(S1)SC(C)(C)S2.CSC1(SC)SC2(S1)SC(SC)(SC)S2. The van der Waals surface area contributed by atoms with Crippen LogP contribution in [0.15, 0.2) is 0 Å². The Bertz CT molecular complexity index is 451. The maximum atomic E-state index is 2.31. The summed E-state index contributed by atoms with van der Waals surface area (Å²) in [7, 11) is 0. The van der Waals surface area contributed by atoms with Crippen LogP contribution in [0.1, 0.15) is 27.7 Å². The van der Waals surface area contributed by atoms with Crippen LogP contribution in [0.5, 0.6) is 0 Å². The van der Waals surface area contributed by atoms with Crippen LogP contribution < -0.4 is 0 Å². The molecule has 0 saturated carbocycles. The zero-order valence-electron chi connectivity index (χ0n) is 15.9. The molecular weight excluding hydrogens is 553 g/mol. The first-order valence-electron chi connectivity index (χ1n) is 7.72. The zero-order valence-corrected chi connectivity index (χ0v) is 25.7. The Morgan fingerprint density at radius 3 is 0.846 bits per heavy atom. The molecule has 0 nitrogen and oxygen atoms in total. The van der Waals surface area contributed by atoms with E-state index >= 15 is 0 Å². The fourth-order valence-electron chi connectivity index (χ4n) is 2.51. The molecule has 0 aromatic carbocycles. The van der Waals surface area contributed by atoms with Gasteiger partial charge in [-0.3, -0.25) is 0 Å². The van der Waals surface area contributed by atoms with Gasteiger partial charge in [-0.05, 0) is 52.7 Å². The van der Waals surface area contributed by atoms with Gasteiger partial charge in [0.05, 0.1) is 8.16 Å². The van der Waals surface area contributed by atoms with Crippen LogP contribution in [0, 0.1) is 0 Å². The van der Waals surface area contributed by atoms with Gasteiger partial charge in [-0.2, -0.15) is 0 Å². The molecule has 4 saturated heterocycles. The molecule has 0 bridgehead atoms. The molecule has 0 aromatic rings. The maximum Gasteiger partial charge on any atom is 0.165 e. The van der Waals surface area contributed by atoms with Gasteiger partial charge < -0.3 is 0 Å². The van der Waals surface area contributed by atoms with E-state index in [-0.39, 0.29) is 0 Å². The largest absolute Gasteiger partial charge is 0.165 e. The lowest BCUT2D eigenvalue weighted by Gasteiger charge is -2.61. The topological polar surface area (TPSA) is 0 Å². The lowest BCUT2D eigenvalue weighted by atomic mass is 10.5. The van der Waals surface area contributed by atoms with E-state index in [4.69, 9.17) is 0 Å². The zero-order chi connectivity index (χ0) is 19.5. The third-order valence-corrected chi connectivity index (χ3v) is 26.4. The fraction of sp³-hybridized carbons (Fsp3) is 1.00. The van der Waals surface area contributed by atoms with E-state index in [0.29, 0.717) is 19.1 Å². The second-order valence-electron chi connectivity index (χ2n) is 6.43. The minimum atomic E-state index is 0.364. The lowest BCUT2D eigenvalue weighted by Crippen LogP contribution is -2.46. The maximum absolute atomic E-state index is 2.31. The van der Waals surface area contributed by atoms with Gasteiger partial charge in [0.25, 0.3) is 0 Å². The number of thioether (sulfide) groups is 12. The molecule has 0 aromatic heterocycles. The van der Waals surface area contributed by atoms with Crippen molar-refractivity contribution in [1.82, 2.24) is 0 Å². The van der Waals surface area contributed by atoms with E-state index in [2.05, 4.69) is 147 Å². The second kappa shape index (κ2) is 8.52. The molecule has 2 spiro atoms. The molecule has 0 unspecified atom stereocenters. The number of hydrogen-bond donors (Lipinski definition) is 0. The molecule has 12 heteroatoms. The van der Waals surface area contributed by atoms with Crippen molar-refractivity contribution < 1.29 is 0 Å². The van der Waals surface area contributed by atoms with Crippen LogP contribution in [0.4, 0.5) is 0 Å². The molecule has 4 aliphatic rings. The normalized spacial score (nSPS) is 32.3. The molecule has 4 heterocycles. The molecule has 4 fully saturated rings. The van der Waals surface area contributed by atoms with Gasteiger partial charge in [-0.1, -0.05) is 47.0 Å². The van der Waals surface area contributed by atoms with E-state index in [9.17, 15) is 0 Å². The quantitative estimate of drug-likeness (QED) is 0.293. The van der Waals surface area contributed by atoms with Gasteiger partial charge in [-0.25, -0.2) is 0 Å². The van der Waals surface area contributed by atoms with Gasteiger partial charge in [0.1, 0.15) is 0 Å². The van der Waals surface area contributed by atoms with E-state index in [0.717, 1.165) is 0 Å². The summed E-state index contributed by atoms with van der Waals surface area (Å²) < 4.78 is 2.55. The number of hydrogen-bond acceptors (Lipinski definition) is 12. The Hall–Kier alpha value is 4.20. The third kappa shape index (κ3) is 5.06. The summed E-state index contributed by atoms with van der Waals surface area (Å²) in [5.41, 5.74) is 0. The van der Waals surface area contributed by atoms with Crippen molar-refractivity contribution in [3.05, 3.63) is 0 Å². The average Bonchev–Trinajstić information content (AvgIpc) is 2.43. The molecule has 0 N–H and O–H groups in total. The third-order valence-electron chi connectivity index (χ3n) is 3.48. The summed E-state index contributed by atoms with van der Waals surface area (Å²) in [6.07, 6.45) is 8.86. The van der Waals surface area contributed by atoms with Crippen molar-refractivity contribution >= 4 is 141 Å². The Balaban J connectivity index is 0.000000158. The highest BCUT2D eigenvalue weighted by Crippen LogP contribution is 2.91. The summed E-state index contributed by atoms with van der Waals surface area (Å²) in [4.78, 5) is 0. The summed E-state index contributed by atoms with van der Waals surface area (Å²) in [5.74, 6) is 0. The molecule has 4 rings (SSSR count). The highest BCUT2D eigenvalue weighted by Gasteiger charge is 2.69. The Kier molecular flexibility index (Phi) is 8.14. The molecule has 0 atom stereocenters. The molecular formula is C14H24S12. The van der Waals surface area contributed by atoms with Crippen LogP contribution in [0.2, 0.25) is 0 Å². The monoisotopic (exact) mass is 576 g/mol. The summed E-state index contributed by atoms with van der Waals surface area (Å²) in [5, 5.41) is 0. The summed E-state index contributed by atoms with van der Waals surface area (Å²) >= 11 is 24.9. The minimum Gasteiger partial charge on any atom is -0.126 e. The predicted molar refractivity (Wildman–Crippen MR) is 154 cm³/mol. The van der Waals surface area contributed by atoms with Crippen LogP contribution in [0.25, 0.3) is 0 Å². The van der Waals surface area contributed by atoms with Gasteiger partial charge >= 0.3 is 0 Å². The van der Waals surface area contributed by atoms with Gasteiger partial charge in [0.15, 0.2) is 11.0 Å². The van der Waals surface area contributed by atoms with Crippen molar-refractivity contribution in [1.29, 1.82) is 0 Å². The van der Waals surface area contributed by atoms with Crippen LogP contribution in [0.3, 0.4) is 0 Å². The van der Waals surface area contributed by atoms with Gasteiger partial charge in [0.2, 0.25) is 0 Å². The van der Waals surface area contributed by atoms with E-state index in [1.165, 1.54) is 0 Å². The van der Waals surface area contributed by atoms with Crippen LogP contribution in [-0.2, 0) is 0 Å². The van der Waals surface area contributed by atoms with Crippen LogP contribution in [-0.4, -0.2) is 44.2 Å². The van der Waals surface area contributed by atoms with Gasteiger partial charge in [-0.15, -0.1) is 94.1 Å². The Labute approximate surface area is 210 Å². The van der Waals surface area contributed by atoms with E-state index in [1.807, 2.05) is 47.0 Å². The minimum absolute atomic E-state index is 0.364. The smallest absolute Gasteiger partial charge is 0.126 e. The molecule has 0 radical (unpaired) electrons. The first-order valence-corrected chi connectivity index (χ1v) is 19.1. The predicted octanol–water partition coefficient (Wildman–Crippen LogP) is 9.26. The van der Waals surface area contributed by atoms with E-state index < -0.39 is 0 Å². The standard InChI is InChI=1S/C7H12S8.C7H12S4/c1-8-5(9-2)12-7(13-5)14-6(10-3,11-4)15-7;1-5(2)8-7(9-5)10-6(3,4)11-7/h1-4H3;1-4H3. The second-order valence-corrected chi connectivity index (χ2v) is 30.3. The molecule has 26 heavy (non-hydrogen) atoms. The molecule has 152 valence electrons. The van der Waals surface area contributed by atoms with Gasteiger partial charge in [0, 0.05) is 0 Å². The molecule has 4 aliphatic heterocycles. The Morgan fingerprint density at radius 1 is 0.423 bits per heavy atom. The first-order chi connectivity index (χ1) is 11.9.